The molecule has 2 aliphatic rings. The number of benzene rings is 2. The molecule has 1 amide bonds. The first-order valence-corrected chi connectivity index (χ1v) is 12.9. The summed E-state index contributed by atoms with van der Waals surface area (Å²) in [5.41, 5.74) is 1.88. The van der Waals surface area contributed by atoms with E-state index < -0.39 is 29.3 Å². The molecule has 1 saturated heterocycles. The van der Waals surface area contributed by atoms with Crippen LogP contribution in [0.4, 0.5) is 30.4 Å². The molecule has 2 aromatic carbocycles. The first kappa shape index (κ1) is 27.0. The van der Waals surface area contributed by atoms with Crippen molar-refractivity contribution in [1.29, 1.82) is 0 Å². The third-order valence-corrected chi connectivity index (χ3v) is 6.92. The van der Waals surface area contributed by atoms with E-state index in [4.69, 9.17) is 14.5 Å². The number of rotatable bonds is 5. The molecule has 39 heavy (non-hydrogen) atoms. The van der Waals surface area contributed by atoms with Crippen LogP contribution in [-0.2, 0) is 22.1 Å². The Labute approximate surface area is 224 Å². The number of nitrogens with zero attached hydrogens (tertiary/aromatic N) is 3. The highest BCUT2D eigenvalue weighted by Crippen LogP contribution is 2.47. The van der Waals surface area contributed by atoms with Crippen LogP contribution in [0, 0.1) is 6.92 Å². The second-order valence-electron chi connectivity index (χ2n) is 10.7. The van der Waals surface area contributed by atoms with Crippen molar-refractivity contribution in [3.05, 3.63) is 46.8 Å². The van der Waals surface area contributed by atoms with Crippen LogP contribution in [-0.4, -0.2) is 47.8 Å². The zero-order valence-electron chi connectivity index (χ0n) is 22.6. The standard InChI is InChI=1S/C28H32F3N5O3/c1-15(18-10-19(28(29,30)31)12-20(11-18)35-17(3)37)32-26-21-13-23(36-6-8-38-9-7-36)25-22(14-27(4,5)39-25)24(21)33-16(2)34-26/h10-13,15H,6-9,14H2,1-5H3,(H,35,37)(H,32,33,34)/t15-/m1/s1. The Kier molecular flexibility index (Phi) is 6.82. The number of nitrogens with one attached hydrogen (secondary N) is 2. The van der Waals surface area contributed by atoms with Crippen molar-refractivity contribution >= 4 is 34.0 Å². The number of ether oxygens (including phenoxy) is 2. The zero-order chi connectivity index (χ0) is 28.1. The summed E-state index contributed by atoms with van der Waals surface area (Å²) in [5.74, 6) is 1.41. The number of amides is 1. The van der Waals surface area contributed by atoms with E-state index >= 15 is 0 Å². The summed E-state index contributed by atoms with van der Waals surface area (Å²) in [6.45, 7) is 11.5. The molecule has 0 unspecified atom stereocenters. The van der Waals surface area contributed by atoms with Gasteiger partial charge >= 0.3 is 6.18 Å². The van der Waals surface area contributed by atoms with E-state index in [2.05, 4.69) is 20.5 Å². The second-order valence-corrected chi connectivity index (χ2v) is 10.7. The summed E-state index contributed by atoms with van der Waals surface area (Å²) in [7, 11) is 0. The summed E-state index contributed by atoms with van der Waals surface area (Å²) in [4.78, 5) is 23.2. The molecule has 2 aliphatic heterocycles. The van der Waals surface area contributed by atoms with E-state index in [1.807, 2.05) is 19.9 Å². The first-order valence-electron chi connectivity index (χ1n) is 12.9. The number of carbonyl (C=O) groups excluding carboxylic acids is 1. The Morgan fingerprint density at radius 2 is 1.85 bits per heavy atom. The summed E-state index contributed by atoms with van der Waals surface area (Å²) in [6.07, 6.45) is -3.91. The topological polar surface area (TPSA) is 88.6 Å². The maximum atomic E-state index is 13.7. The number of alkyl halides is 3. The molecule has 8 nitrogen and oxygen atoms in total. The van der Waals surface area contributed by atoms with Crippen molar-refractivity contribution in [2.24, 2.45) is 0 Å². The molecular formula is C28H32F3N5O3. The maximum absolute atomic E-state index is 13.7. The highest BCUT2D eigenvalue weighted by Gasteiger charge is 2.36. The number of morpholine rings is 1. The number of aryl methyl sites for hydroxylation is 1. The minimum Gasteiger partial charge on any atom is -0.485 e. The van der Waals surface area contributed by atoms with Gasteiger partial charge in [-0.05, 0) is 57.5 Å². The van der Waals surface area contributed by atoms with Gasteiger partial charge in [0, 0.05) is 43.1 Å². The van der Waals surface area contributed by atoms with Gasteiger partial charge in [-0.15, -0.1) is 0 Å². The fourth-order valence-electron chi connectivity index (χ4n) is 5.21. The molecule has 0 aliphatic carbocycles. The molecule has 3 heterocycles. The third-order valence-electron chi connectivity index (χ3n) is 6.92. The molecule has 0 bridgehead atoms. The van der Waals surface area contributed by atoms with Gasteiger partial charge < -0.3 is 25.0 Å². The van der Waals surface area contributed by atoms with E-state index in [0.29, 0.717) is 49.9 Å². The molecule has 0 saturated carbocycles. The van der Waals surface area contributed by atoms with E-state index in [9.17, 15) is 18.0 Å². The summed E-state index contributed by atoms with van der Waals surface area (Å²) >= 11 is 0. The van der Waals surface area contributed by atoms with Gasteiger partial charge in [-0.3, -0.25) is 4.79 Å². The van der Waals surface area contributed by atoms with Crippen LogP contribution in [0.2, 0.25) is 0 Å². The van der Waals surface area contributed by atoms with Gasteiger partial charge in [0.25, 0.3) is 0 Å². The number of hydrogen-bond donors (Lipinski definition) is 2. The van der Waals surface area contributed by atoms with Gasteiger partial charge in [-0.25, -0.2) is 9.97 Å². The van der Waals surface area contributed by atoms with Gasteiger partial charge in [0.15, 0.2) is 0 Å². The van der Waals surface area contributed by atoms with Crippen molar-refractivity contribution in [2.45, 2.75) is 58.9 Å². The van der Waals surface area contributed by atoms with Crippen molar-refractivity contribution in [2.75, 3.05) is 41.8 Å². The predicted octanol–water partition coefficient (Wildman–Crippen LogP) is 5.64. The Hall–Kier alpha value is -3.60. The lowest BCUT2D eigenvalue weighted by atomic mass is 9.98. The Morgan fingerprint density at radius 3 is 2.51 bits per heavy atom. The monoisotopic (exact) mass is 543 g/mol. The SMILES string of the molecule is CC(=O)Nc1cc([C@@H](C)Nc2nc(C)nc3c4c(c(N5CCOCC5)cc23)OC(C)(C)C4)cc(C(F)(F)F)c1. The molecule has 11 heteroatoms. The molecule has 3 aromatic rings. The van der Waals surface area contributed by atoms with Gasteiger partial charge in [-0.2, -0.15) is 13.2 Å². The molecule has 1 aromatic heterocycles. The molecular weight excluding hydrogens is 511 g/mol. The Balaban J connectivity index is 1.60. The van der Waals surface area contributed by atoms with Gasteiger partial charge in [-0.1, -0.05) is 0 Å². The summed E-state index contributed by atoms with van der Waals surface area (Å²) < 4.78 is 53.0. The van der Waals surface area contributed by atoms with Gasteiger partial charge in [0.2, 0.25) is 5.91 Å². The molecule has 5 rings (SSSR count). The number of anilines is 3. The minimum absolute atomic E-state index is 0.0801. The number of halogens is 3. The summed E-state index contributed by atoms with van der Waals surface area (Å²) in [6, 6.07) is 5.00. The number of aromatic nitrogens is 2. The fourth-order valence-corrected chi connectivity index (χ4v) is 5.21. The lowest BCUT2D eigenvalue weighted by molar-refractivity contribution is -0.137. The van der Waals surface area contributed by atoms with Crippen LogP contribution in [0.15, 0.2) is 24.3 Å². The average Bonchev–Trinajstić information content (AvgIpc) is 3.18. The van der Waals surface area contributed by atoms with Crippen LogP contribution < -0.4 is 20.3 Å². The average molecular weight is 544 g/mol. The van der Waals surface area contributed by atoms with E-state index in [-0.39, 0.29) is 5.69 Å². The van der Waals surface area contributed by atoms with Crippen molar-refractivity contribution in [1.82, 2.24) is 9.97 Å². The van der Waals surface area contributed by atoms with E-state index in [1.54, 1.807) is 13.8 Å². The zero-order valence-corrected chi connectivity index (χ0v) is 22.6. The predicted molar refractivity (Wildman–Crippen MR) is 144 cm³/mol. The van der Waals surface area contributed by atoms with Crippen molar-refractivity contribution in [3.63, 3.8) is 0 Å². The highest BCUT2D eigenvalue weighted by atomic mass is 19.4. The number of fused-ring (bicyclic) bond motifs is 3. The number of carbonyl (C=O) groups is 1. The maximum Gasteiger partial charge on any atom is 0.416 e. The lowest BCUT2D eigenvalue weighted by Gasteiger charge is -2.31. The van der Waals surface area contributed by atoms with Crippen LogP contribution in [0.25, 0.3) is 10.9 Å². The largest absolute Gasteiger partial charge is 0.485 e. The third kappa shape index (κ3) is 5.59. The van der Waals surface area contributed by atoms with Gasteiger partial charge in [0.05, 0.1) is 36.0 Å². The van der Waals surface area contributed by atoms with Crippen LogP contribution in [0.5, 0.6) is 5.75 Å². The van der Waals surface area contributed by atoms with Crippen LogP contribution in [0.1, 0.15) is 56.3 Å². The fraction of sp³-hybridized carbons (Fsp3) is 0.464. The normalized spacial score (nSPS) is 17.5. The molecule has 1 atom stereocenters. The smallest absolute Gasteiger partial charge is 0.416 e. The van der Waals surface area contributed by atoms with E-state index in [0.717, 1.165) is 40.0 Å². The lowest BCUT2D eigenvalue weighted by Crippen LogP contribution is -2.36. The van der Waals surface area contributed by atoms with Crippen molar-refractivity contribution < 1.29 is 27.4 Å². The van der Waals surface area contributed by atoms with Gasteiger partial charge in [0.1, 0.15) is 23.0 Å². The second kappa shape index (κ2) is 9.86. The first-order chi connectivity index (χ1) is 18.3. The highest BCUT2D eigenvalue weighted by molar-refractivity contribution is 5.97. The van der Waals surface area contributed by atoms with E-state index in [1.165, 1.54) is 13.0 Å². The molecule has 0 spiro atoms. The van der Waals surface area contributed by atoms with Crippen molar-refractivity contribution in [3.8, 4) is 5.75 Å². The molecule has 1 fully saturated rings. The Bertz CT molecular complexity index is 1430. The van der Waals surface area contributed by atoms with Crippen LogP contribution >= 0.6 is 0 Å². The molecule has 208 valence electrons. The number of hydrogen-bond acceptors (Lipinski definition) is 7. The molecule has 0 radical (unpaired) electrons. The quantitative estimate of drug-likeness (QED) is 0.431. The molecule has 2 N–H and O–H groups in total. The summed E-state index contributed by atoms with van der Waals surface area (Å²) in [5, 5.41) is 6.57. The van der Waals surface area contributed by atoms with Crippen LogP contribution in [0.3, 0.4) is 0 Å². The minimum atomic E-state index is -4.57. The Morgan fingerprint density at radius 1 is 1.13 bits per heavy atom.